The Kier molecular flexibility index (Phi) is 5.62. The van der Waals surface area contributed by atoms with Gasteiger partial charge in [-0.2, -0.15) is 0 Å². The number of aliphatic hydroxyl groups is 1. The van der Waals surface area contributed by atoms with Gasteiger partial charge in [-0.15, -0.1) is 0 Å². The molecule has 0 aromatic heterocycles. The number of carbonyl (C=O) groups is 2. The fourth-order valence-corrected chi connectivity index (χ4v) is 3.61. The number of carbonyl (C=O) groups excluding carboxylic acids is 2. The minimum absolute atomic E-state index is 0.0200. The molecule has 1 unspecified atom stereocenters. The second-order valence-electron chi connectivity index (χ2n) is 6.50. The summed E-state index contributed by atoms with van der Waals surface area (Å²) in [7, 11) is 0. The van der Waals surface area contributed by atoms with Gasteiger partial charge in [0.05, 0.1) is 12.5 Å². The fraction of sp³-hybridized carbons (Fsp3) is 0.875. The van der Waals surface area contributed by atoms with Crippen LogP contribution in [0.2, 0.25) is 0 Å². The van der Waals surface area contributed by atoms with Gasteiger partial charge in [-0.3, -0.25) is 9.59 Å². The van der Waals surface area contributed by atoms with Crippen LogP contribution >= 0.6 is 0 Å². The van der Waals surface area contributed by atoms with E-state index in [-0.39, 0.29) is 24.3 Å². The molecule has 1 aliphatic carbocycles. The first-order valence-electron chi connectivity index (χ1n) is 8.25. The number of likely N-dealkylation sites (tertiary alicyclic amines) is 1. The van der Waals surface area contributed by atoms with Crippen LogP contribution in [0.1, 0.15) is 46.0 Å². The molecule has 2 aliphatic rings. The maximum atomic E-state index is 12.4. The molecule has 1 N–H and O–H groups in total. The van der Waals surface area contributed by atoms with Crippen molar-refractivity contribution in [2.24, 2.45) is 11.8 Å². The molecule has 1 heterocycles. The van der Waals surface area contributed by atoms with E-state index < -0.39 is 0 Å². The van der Waals surface area contributed by atoms with E-state index in [0.717, 1.165) is 18.8 Å². The number of hydrogen-bond donors (Lipinski definition) is 1. The third-order valence-electron chi connectivity index (χ3n) is 5.00. The van der Waals surface area contributed by atoms with E-state index in [4.69, 9.17) is 5.11 Å². The molecule has 120 valence electrons. The summed E-state index contributed by atoms with van der Waals surface area (Å²) in [4.78, 5) is 28.3. The molecule has 0 aromatic rings. The lowest BCUT2D eigenvalue weighted by Gasteiger charge is -2.33. The molecule has 2 fully saturated rings. The van der Waals surface area contributed by atoms with E-state index in [1.54, 1.807) is 4.90 Å². The van der Waals surface area contributed by atoms with Crippen molar-refractivity contribution in [3.05, 3.63) is 0 Å². The summed E-state index contributed by atoms with van der Waals surface area (Å²) in [5.41, 5.74) is 0. The molecule has 21 heavy (non-hydrogen) atoms. The van der Waals surface area contributed by atoms with Crippen LogP contribution in [0.15, 0.2) is 0 Å². The van der Waals surface area contributed by atoms with Crippen molar-refractivity contribution in [1.82, 2.24) is 9.80 Å². The third-order valence-corrected chi connectivity index (χ3v) is 5.00. The van der Waals surface area contributed by atoms with Crippen LogP contribution in [0.4, 0.5) is 0 Å². The van der Waals surface area contributed by atoms with E-state index in [0.29, 0.717) is 32.1 Å². The average molecular weight is 296 g/mol. The van der Waals surface area contributed by atoms with Crippen LogP contribution in [0, 0.1) is 11.8 Å². The van der Waals surface area contributed by atoms with Crippen molar-refractivity contribution in [3.63, 3.8) is 0 Å². The molecule has 5 heteroatoms. The number of rotatable bonds is 5. The summed E-state index contributed by atoms with van der Waals surface area (Å²) in [5, 5.41) is 9.02. The Labute approximate surface area is 127 Å². The SMILES string of the molecule is CCN(CCO)C(=O)C1CC(=O)N(C2CCC(C)CC2)C1. The van der Waals surface area contributed by atoms with Crippen molar-refractivity contribution >= 4 is 11.8 Å². The third kappa shape index (κ3) is 3.76. The van der Waals surface area contributed by atoms with Crippen molar-refractivity contribution in [2.75, 3.05) is 26.2 Å². The maximum absolute atomic E-state index is 12.4. The zero-order chi connectivity index (χ0) is 15.4. The second-order valence-corrected chi connectivity index (χ2v) is 6.50. The lowest BCUT2D eigenvalue weighted by atomic mass is 9.86. The van der Waals surface area contributed by atoms with Gasteiger partial charge in [0.25, 0.3) is 0 Å². The molecule has 1 saturated heterocycles. The monoisotopic (exact) mass is 296 g/mol. The standard InChI is InChI=1S/C16H28N2O3/c1-3-17(8-9-19)16(21)13-10-15(20)18(11-13)14-6-4-12(2)5-7-14/h12-14,19H,3-11H2,1-2H3. The number of nitrogens with zero attached hydrogens (tertiary/aromatic N) is 2. The normalized spacial score (nSPS) is 29.8. The van der Waals surface area contributed by atoms with E-state index in [9.17, 15) is 9.59 Å². The highest BCUT2D eigenvalue weighted by atomic mass is 16.3. The highest BCUT2D eigenvalue weighted by Crippen LogP contribution is 2.31. The summed E-state index contributed by atoms with van der Waals surface area (Å²) < 4.78 is 0. The molecule has 0 radical (unpaired) electrons. The van der Waals surface area contributed by atoms with Gasteiger partial charge in [0.1, 0.15) is 0 Å². The lowest BCUT2D eigenvalue weighted by molar-refractivity contribution is -0.136. The molecular formula is C16H28N2O3. The van der Waals surface area contributed by atoms with Crippen LogP contribution in [0.25, 0.3) is 0 Å². The number of amides is 2. The predicted molar refractivity (Wildman–Crippen MR) is 80.6 cm³/mol. The number of likely N-dealkylation sites (N-methyl/N-ethyl adjacent to an activating group) is 1. The van der Waals surface area contributed by atoms with Gasteiger partial charge in [-0.05, 0) is 38.5 Å². The summed E-state index contributed by atoms with van der Waals surface area (Å²) in [6.07, 6.45) is 4.84. The van der Waals surface area contributed by atoms with Gasteiger partial charge in [0, 0.05) is 32.1 Å². The Balaban J connectivity index is 1.94. The summed E-state index contributed by atoms with van der Waals surface area (Å²) in [6, 6.07) is 0.333. The van der Waals surface area contributed by atoms with Crippen LogP contribution in [-0.4, -0.2) is 59.0 Å². The number of hydrogen-bond acceptors (Lipinski definition) is 3. The van der Waals surface area contributed by atoms with Gasteiger partial charge in [0.15, 0.2) is 0 Å². The van der Waals surface area contributed by atoms with Crippen LogP contribution in [-0.2, 0) is 9.59 Å². The molecule has 2 amide bonds. The Morgan fingerprint density at radius 2 is 2.00 bits per heavy atom. The first-order valence-corrected chi connectivity index (χ1v) is 8.25. The van der Waals surface area contributed by atoms with Gasteiger partial charge >= 0.3 is 0 Å². The van der Waals surface area contributed by atoms with E-state index in [1.807, 2.05) is 11.8 Å². The predicted octanol–water partition coefficient (Wildman–Crippen LogP) is 1.25. The van der Waals surface area contributed by atoms with Crippen molar-refractivity contribution < 1.29 is 14.7 Å². The molecule has 5 nitrogen and oxygen atoms in total. The molecule has 0 spiro atoms. The van der Waals surface area contributed by atoms with Crippen LogP contribution < -0.4 is 0 Å². The molecule has 2 rings (SSSR count). The summed E-state index contributed by atoms with van der Waals surface area (Å²) in [5.74, 6) is 0.694. The molecular weight excluding hydrogens is 268 g/mol. The second kappa shape index (κ2) is 7.25. The average Bonchev–Trinajstić information content (AvgIpc) is 2.87. The van der Waals surface area contributed by atoms with Gasteiger partial charge in [-0.25, -0.2) is 0 Å². The molecule has 1 atom stereocenters. The molecule has 1 saturated carbocycles. The van der Waals surface area contributed by atoms with Crippen LogP contribution in [0.3, 0.4) is 0 Å². The smallest absolute Gasteiger partial charge is 0.228 e. The largest absolute Gasteiger partial charge is 0.395 e. The van der Waals surface area contributed by atoms with Gasteiger partial charge in [0.2, 0.25) is 11.8 Å². The molecule has 1 aliphatic heterocycles. The zero-order valence-corrected chi connectivity index (χ0v) is 13.3. The fourth-order valence-electron chi connectivity index (χ4n) is 3.61. The zero-order valence-electron chi connectivity index (χ0n) is 13.3. The molecule has 0 aromatic carbocycles. The molecule has 0 bridgehead atoms. The van der Waals surface area contributed by atoms with Gasteiger partial charge in [-0.1, -0.05) is 6.92 Å². The Hall–Kier alpha value is -1.10. The van der Waals surface area contributed by atoms with E-state index in [2.05, 4.69) is 6.92 Å². The highest BCUT2D eigenvalue weighted by molar-refractivity contribution is 5.89. The van der Waals surface area contributed by atoms with Crippen molar-refractivity contribution in [1.29, 1.82) is 0 Å². The van der Waals surface area contributed by atoms with Crippen molar-refractivity contribution in [3.8, 4) is 0 Å². The minimum Gasteiger partial charge on any atom is -0.395 e. The quantitative estimate of drug-likeness (QED) is 0.831. The number of aliphatic hydroxyl groups excluding tert-OH is 1. The Morgan fingerprint density at radius 3 is 2.57 bits per heavy atom. The topological polar surface area (TPSA) is 60.9 Å². The first-order chi connectivity index (χ1) is 10.1. The Morgan fingerprint density at radius 1 is 1.33 bits per heavy atom. The Bertz CT molecular complexity index is 378. The minimum atomic E-state index is -0.219. The first kappa shape index (κ1) is 16.3. The highest BCUT2D eigenvalue weighted by Gasteiger charge is 2.39. The maximum Gasteiger partial charge on any atom is 0.228 e. The summed E-state index contributed by atoms with van der Waals surface area (Å²) >= 11 is 0. The van der Waals surface area contributed by atoms with E-state index >= 15 is 0 Å². The lowest BCUT2D eigenvalue weighted by Crippen LogP contribution is -2.41. The van der Waals surface area contributed by atoms with Crippen LogP contribution in [0.5, 0.6) is 0 Å². The van der Waals surface area contributed by atoms with Crippen molar-refractivity contribution in [2.45, 2.75) is 52.0 Å². The van der Waals surface area contributed by atoms with Gasteiger partial charge < -0.3 is 14.9 Å². The van der Waals surface area contributed by atoms with E-state index in [1.165, 1.54) is 12.8 Å². The summed E-state index contributed by atoms with van der Waals surface area (Å²) in [6.45, 7) is 5.67.